The predicted octanol–water partition coefficient (Wildman–Crippen LogP) is 1.36. The summed E-state index contributed by atoms with van der Waals surface area (Å²) in [6, 6.07) is 8.86. The number of thioether (sulfide) groups is 1. The zero-order valence-electron chi connectivity index (χ0n) is 19.3. The Bertz CT molecular complexity index is 851. The molecule has 3 aliphatic heterocycles. The van der Waals surface area contributed by atoms with E-state index in [4.69, 9.17) is 4.74 Å². The monoisotopic (exact) mass is 475 g/mol. The summed E-state index contributed by atoms with van der Waals surface area (Å²) in [4.78, 5) is 43.2. The third-order valence-electron chi connectivity index (χ3n) is 6.48. The van der Waals surface area contributed by atoms with Crippen molar-refractivity contribution in [2.75, 3.05) is 45.3 Å². The van der Waals surface area contributed by atoms with Crippen molar-refractivity contribution < 1.29 is 19.1 Å². The fourth-order valence-electron chi connectivity index (χ4n) is 4.86. The van der Waals surface area contributed by atoms with Gasteiger partial charge in [0.25, 0.3) is 0 Å². The van der Waals surface area contributed by atoms with Crippen LogP contribution in [0.5, 0.6) is 0 Å². The van der Waals surface area contributed by atoms with Gasteiger partial charge in [-0.05, 0) is 36.8 Å². The smallest absolute Gasteiger partial charge is 0.334 e. The Morgan fingerprint density at radius 1 is 1.24 bits per heavy atom. The molecule has 180 valence electrons. The van der Waals surface area contributed by atoms with E-state index in [0.29, 0.717) is 26.1 Å². The van der Waals surface area contributed by atoms with Crippen LogP contribution in [0.4, 0.5) is 4.79 Å². The number of carbonyl (C=O) groups excluding carboxylic acids is 3. The maximum atomic E-state index is 13.4. The van der Waals surface area contributed by atoms with Gasteiger partial charge in [0.05, 0.1) is 19.2 Å². The fraction of sp³-hybridized carbons (Fsp3) is 0.609. The molecule has 0 saturated carbocycles. The summed E-state index contributed by atoms with van der Waals surface area (Å²) in [5.74, 6) is 0.598. The first-order chi connectivity index (χ1) is 16.0. The molecule has 0 aromatic heterocycles. The Morgan fingerprint density at radius 2 is 2.03 bits per heavy atom. The topological polar surface area (TPSA) is 85.4 Å². The number of urea groups is 1. The van der Waals surface area contributed by atoms with Crippen molar-refractivity contribution in [3.63, 3.8) is 0 Å². The van der Waals surface area contributed by atoms with Crippen LogP contribution in [0.1, 0.15) is 24.8 Å². The van der Waals surface area contributed by atoms with Crippen molar-refractivity contribution in [2.45, 2.75) is 44.1 Å². The lowest BCUT2D eigenvalue weighted by atomic mass is 10.0. The zero-order chi connectivity index (χ0) is 23.4. The Hall–Kier alpha value is -2.30. The highest BCUT2D eigenvalue weighted by Gasteiger charge is 2.50. The molecule has 33 heavy (non-hydrogen) atoms. The van der Waals surface area contributed by atoms with Crippen LogP contribution in [-0.4, -0.2) is 101 Å². The van der Waals surface area contributed by atoms with Gasteiger partial charge in [-0.25, -0.2) is 14.8 Å². The molecule has 0 radical (unpaired) electrons. The quantitative estimate of drug-likeness (QED) is 0.641. The molecule has 9 nitrogen and oxygen atoms in total. The minimum Gasteiger partial charge on any atom is -0.376 e. The van der Waals surface area contributed by atoms with E-state index in [0.717, 1.165) is 24.2 Å². The molecule has 0 spiro atoms. The number of carbonyl (C=O) groups is 3. The molecule has 4 amide bonds. The van der Waals surface area contributed by atoms with Crippen molar-refractivity contribution in [2.24, 2.45) is 0 Å². The van der Waals surface area contributed by atoms with Gasteiger partial charge in [0.1, 0.15) is 12.2 Å². The average molecular weight is 476 g/mol. The molecule has 1 unspecified atom stereocenters. The number of likely N-dealkylation sites (N-methyl/N-ethyl adjacent to an activating group) is 1. The van der Waals surface area contributed by atoms with Crippen molar-refractivity contribution in [3.8, 4) is 0 Å². The number of nitrogens with one attached hydrogen (secondary N) is 1. The van der Waals surface area contributed by atoms with Crippen LogP contribution in [0.15, 0.2) is 30.3 Å². The number of fused-ring (bicyclic) bond motifs is 1. The van der Waals surface area contributed by atoms with Gasteiger partial charge in [0, 0.05) is 26.7 Å². The first kappa shape index (κ1) is 23.8. The van der Waals surface area contributed by atoms with Crippen LogP contribution < -0.4 is 5.32 Å². The van der Waals surface area contributed by atoms with E-state index in [1.807, 2.05) is 36.6 Å². The zero-order valence-corrected chi connectivity index (χ0v) is 20.1. The minimum atomic E-state index is -0.566. The van der Waals surface area contributed by atoms with E-state index in [9.17, 15) is 14.4 Å². The van der Waals surface area contributed by atoms with E-state index < -0.39 is 12.2 Å². The number of hydrazine groups is 1. The molecule has 4 rings (SSSR count). The van der Waals surface area contributed by atoms with E-state index in [1.165, 1.54) is 0 Å². The molecular weight excluding hydrogens is 442 g/mol. The average Bonchev–Trinajstić information content (AvgIpc) is 3.32. The Labute approximate surface area is 199 Å². The molecular formula is C23H33N5O4S. The molecule has 0 bridgehead atoms. The predicted molar refractivity (Wildman–Crippen MR) is 126 cm³/mol. The summed E-state index contributed by atoms with van der Waals surface area (Å²) in [5.41, 5.74) is 0.995. The SMILES string of the molecule is CSCC[C@H]1C(=O)N(CC2CCCO2)C[C@H]2N1C(=O)CN(C)N2C(=O)NCc1ccccc1. The largest absolute Gasteiger partial charge is 0.376 e. The van der Waals surface area contributed by atoms with Crippen LogP contribution in [0, 0.1) is 0 Å². The first-order valence-electron chi connectivity index (χ1n) is 11.5. The standard InChI is InChI=1S/C23H33N5O4S/c1-25-16-21(29)27-19(10-12-33-2)22(30)26(14-18-9-6-11-32-18)15-20(27)28(25)23(31)24-13-17-7-4-3-5-8-17/h3-5,7-8,18-20H,6,9-16H2,1-2H3,(H,24,31)/t18?,19-,20-/m0/s1. The number of hydrogen-bond donors (Lipinski definition) is 1. The molecule has 3 fully saturated rings. The van der Waals surface area contributed by atoms with Crippen LogP contribution >= 0.6 is 11.8 Å². The fourth-order valence-corrected chi connectivity index (χ4v) is 5.32. The maximum Gasteiger partial charge on any atom is 0.334 e. The minimum absolute atomic E-state index is 0.0130. The molecule has 1 aromatic carbocycles. The van der Waals surface area contributed by atoms with Gasteiger partial charge in [-0.15, -0.1) is 0 Å². The number of ether oxygens (including phenoxy) is 1. The van der Waals surface area contributed by atoms with E-state index >= 15 is 0 Å². The van der Waals surface area contributed by atoms with Crippen molar-refractivity contribution >= 4 is 29.6 Å². The molecule has 3 heterocycles. The second-order valence-electron chi connectivity index (χ2n) is 8.76. The Kier molecular flexibility index (Phi) is 7.77. The van der Waals surface area contributed by atoms with Crippen LogP contribution in [-0.2, 0) is 20.9 Å². The van der Waals surface area contributed by atoms with Crippen molar-refractivity contribution in [1.82, 2.24) is 25.1 Å². The molecule has 10 heteroatoms. The molecule has 3 aliphatic rings. The van der Waals surface area contributed by atoms with E-state index in [1.54, 1.807) is 38.6 Å². The lowest BCUT2D eigenvalue weighted by Gasteiger charge is -2.54. The molecule has 1 aromatic rings. The van der Waals surface area contributed by atoms with Gasteiger partial charge in [0.2, 0.25) is 11.8 Å². The van der Waals surface area contributed by atoms with Gasteiger partial charge in [0.15, 0.2) is 0 Å². The molecule has 3 atom stereocenters. The number of nitrogens with zero attached hydrogens (tertiary/aromatic N) is 4. The lowest BCUT2D eigenvalue weighted by Crippen LogP contribution is -2.76. The highest BCUT2D eigenvalue weighted by Crippen LogP contribution is 2.29. The van der Waals surface area contributed by atoms with E-state index in [2.05, 4.69) is 5.32 Å². The molecule has 3 saturated heterocycles. The number of piperazine rings is 1. The molecule has 1 N–H and O–H groups in total. The normalized spacial score (nSPS) is 26.0. The summed E-state index contributed by atoms with van der Waals surface area (Å²) in [6.45, 7) is 1.94. The van der Waals surface area contributed by atoms with Crippen LogP contribution in [0.25, 0.3) is 0 Å². The summed E-state index contributed by atoms with van der Waals surface area (Å²) >= 11 is 1.65. The van der Waals surface area contributed by atoms with Gasteiger partial charge in [-0.2, -0.15) is 11.8 Å². The summed E-state index contributed by atoms with van der Waals surface area (Å²) in [5, 5.41) is 6.24. The summed E-state index contributed by atoms with van der Waals surface area (Å²) in [6.07, 6.45) is 3.94. The van der Waals surface area contributed by atoms with Crippen molar-refractivity contribution in [1.29, 1.82) is 0 Å². The summed E-state index contributed by atoms with van der Waals surface area (Å²) < 4.78 is 5.78. The van der Waals surface area contributed by atoms with Crippen LogP contribution in [0.3, 0.4) is 0 Å². The Morgan fingerprint density at radius 3 is 2.73 bits per heavy atom. The Balaban J connectivity index is 1.56. The van der Waals surface area contributed by atoms with Gasteiger partial charge < -0.3 is 19.9 Å². The number of hydrogen-bond acceptors (Lipinski definition) is 6. The van der Waals surface area contributed by atoms with Gasteiger partial charge in [-0.1, -0.05) is 30.3 Å². The number of rotatable bonds is 7. The second kappa shape index (κ2) is 10.8. The van der Waals surface area contributed by atoms with Crippen molar-refractivity contribution in [3.05, 3.63) is 35.9 Å². The first-order valence-corrected chi connectivity index (χ1v) is 12.9. The molecule has 0 aliphatic carbocycles. The third kappa shape index (κ3) is 5.28. The van der Waals surface area contributed by atoms with Gasteiger partial charge in [-0.3, -0.25) is 9.59 Å². The number of amides is 4. The number of benzene rings is 1. The van der Waals surface area contributed by atoms with E-state index in [-0.39, 0.29) is 37.0 Å². The highest BCUT2D eigenvalue weighted by molar-refractivity contribution is 7.98. The van der Waals surface area contributed by atoms with Crippen LogP contribution in [0.2, 0.25) is 0 Å². The summed E-state index contributed by atoms with van der Waals surface area (Å²) in [7, 11) is 1.75. The highest BCUT2D eigenvalue weighted by atomic mass is 32.2. The van der Waals surface area contributed by atoms with Gasteiger partial charge >= 0.3 is 6.03 Å². The third-order valence-corrected chi connectivity index (χ3v) is 7.12. The lowest BCUT2D eigenvalue weighted by molar-refractivity contribution is -0.188. The second-order valence-corrected chi connectivity index (χ2v) is 9.75. The maximum absolute atomic E-state index is 13.4.